The van der Waals surface area contributed by atoms with E-state index in [1.54, 1.807) is 4.90 Å². The first-order valence-electron chi connectivity index (χ1n) is 9.87. The van der Waals surface area contributed by atoms with Crippen LogP contribution in [-0.2, 0) is 11.2 Å². The summed E-state index contributed by atoms with van der Waals surface area (Å²) in [6.45, 7) is 1.15. The molecule has 0 spiro atoms. The number of benzene rings is 2. The second kappa shape index (κ2) is 8.34. The fourth-order valence-corrected chi connectivity index (χ4v) is 3.81. The molecule has 0 unspecified atom stereocenters. The molecule has 1 fully saturated rings. The molecule has 29 heavy (non-hydrogen) atoms. The summed E-state index contributed by atoms with van der Waals surface area (Å²) in [6, 6.07) is 16.0. The Bertz CT molecular complexity index is 960. The third-order valence-electron chi connectivity index (χ3n) is 5.46. The van der Waals surface area contributed by atoms with Crippen LogP contribution in [0.4, 0.5) is 4.79 Å². The van der Waals surface area contributed by atoms with E-state index in [9.17, 15) is 14.7 Å². The fraction of sp³-hybridized carbons (Fsp3) is 0.318. The first-order valence-corrected chi connectivity index (χ1v) is 9.87. The number of aliphatic carboxylic acids is 1. The lowest BCUT2D eigenvalue weighted by atomic mass is 9.96. The number of para-hydroxylation sites is 2. The molecule has 2 amide bonds. The summed E-state index contributed by atoms with van der Waals surface area (Å²) >= 11 is 0. The number of rotatable bonds is 5. The molecule has 1 aromatic heterocycles. The van der Waals surface area contributed by atoms with E-state index in [-0.39, 0.29) is 18.4 Å². The standard InChI is InChI=1S/C22H24N4O3/c27-21(28)19(14-15-6-2-1-3-7-15)25-22(29)26-12-10-16(11-13-26)20-23-17-8-4-5-9-18(17)24-20/h1-9,16,19H,10-14H2,(H,23,24)(H,25,29)(H,27,28)/t19-/m0/s1. The van der Waals surface area contributed by atoms with E-state index in [1.807, 2.05) is 54.6 Å². The van der Waals surface area contributed by atoms with Crippen LogP contribution in [0, 0.1) is 0 Å². The Morgan fingerprint density at radius 2 is 1.79 bits per heavy atom. The number of imidazole rings is 1. The van der Waals surface area contributed by atoms with Crippen molar-refractivity contribution >= 4 is 23.0 Å². The molecule has 3 aromatic rings. The quantitative estimate of drug-likeness (QED) is 0.621. The largest absolute Gasteiger partial charge is 0.480 e. The lowest BCUT2D eigenvalue weighted by molar-refractivity contribution is -0.139. The van der Waals surface area contributed by atoms with E-state index >= 15 is 0 Å². The topological polar surface area (TPSA) is 98.3 Å². The number of likely N-dealkylation sites (tertiary alicyclic amines) is 1. The summed E-state index contributed by atoms with van der Waals surface area (Å²) in [6.07, 6.45) is 1.85. The monoisotopic (exact) mass is 392 g/mol. The molecule has 1 aliphatic rings. The fourth-order valence-electron chi connectivity index (χ4n) is 3.81. The van der Waals surface area contributed by atoms with Gasteiger partial charge >= 0.3 is 12.0 Å². The van der Waals surface area contributed by atoms with Crippen molar-refractivity contribution in [3.8, 4) is 0 Å². The molecule has 0 bridgehead atoms. The average Bonchev–Trinajstić information content (AvgIpc) is 3.18. The molecule has 1 saturated heterocycles. The number of H-pyrrole nitrogens is 1. The van der Waals surface area contributed by atoms with Crippen LogP contribution in [-0.4, -0.2) is 51.1 Å². The van der Waals surface area contributed by atoms with E-state index in [2.05, 4.69) is 15.3 Å². The Morgan fingerprint density at radius 3 is 2.48 bits per heavy atom. The summed E-state index contributed by atoms with van der Waals surface area (Å²) in [7, 11) is 0. The van der Waals surface area contributed by atoms with Crippen molar-refractivity contribution in [1.82, 2.24) is 20.2 Å². The van der Waals surface area contributed by atoms with Gasteiger partial charge < -0.3 is 20.3 Å². The number of hydrogen-bond acceptors (Lipinski definition) is 3. The number of nitrogens with one attached hydrogen (secondary N) is 2. The van der Waals surface area contributed by atoms with Crippen molar-refractivity contribution in [3.63, 3.8) is 0 Å². The molecule has 0 aliphatic carbocycles. The molecular formula is C22H24N4O3. The van der Waals surface area contributed by atoms with Gasteiger partial charge in [0.05, 0.1) is 11.0 Å². The summed E-state index contributed by atoms with van der Waals surface area (Å²) in [5, 5.41) is 12.2. The summed E-state index contributed by atoms with van der Waals surface area (Å²) in [5.74, 6) is 0.198. The molecule has 0 saturated carbocycles. The number of nitrogens with zero attached hydrogens (tertiary/aromatic N) is 2. The van der Waals surface area contributed by atoms with Gasteiger partial charge in [0.1, 0.15) is 11.9 Å². The molecule has 2 heterocycles. The van der Waals surface area contributed by atoms with Gasteiger partial charge in [-0.05, 0) is 30.5 Å². The lowest BCUT2D eigenvalue weighted by Gasteiger charge is -2.32. The molecule has 7 nitrogen and oxygen atoms in total. The maximum Gasteiger partial charge on any atom is 0.326 e. The third kappa shape index (κ3) is 4.39. The molecule has 2 aromatic carbocycles. The number of carboxylic acid groups (broad SMARTS) is 1. The Balaban J connectivity index is 1.34. The van der Waals surface area contributed by atoms with Crippen LogP contribution in [0.15, 0.2) is 54.6 Å². The zero-order chi connectivity index (χ0) is 20.2. The van der Waals surface area contributed by atoms with Crippen molar-refractivity contribution in [1.29, 1.82) is 0 Å². The minimum Gasteiger partial charge on any atom is -0.480 e. The van der Waals surface area contributed by atoms with Gasteiger partial charge in [-0.25, -0.2) is 14.6 Å². The average molecular weight is 392 g/mol. The van der Waals surface area contributed by atoms with Crippen LogP contribution in [0.25, 0.3) is 11.0 Å². The van der Waals surface area contributed by atoms with Crippen LogP contribution in [0.3, 0.4) is 0 Å². The number of urea groups is 1. The van der Waals surface area contributed by atoms with E-state index in [0.717, 1.165) is 35.3 Å². The molecule has 1 aliphatic heterocycles. The molecule has 7 heteroatoms. The first-order chi connectivity index (χ1) is 14.1. The van der Waals surface area contributed by atoms with Crippen molar-refractivity contribution < 1.29 is 14.7 Å². The normalized spacial score (nSPS) is 15.9. The van der Waals surface area contributed by atoms with Crippen molar-refractivity contribution in [2.75, 3.05) is 13.1 Å². The van der Waals surface area contributed by atoms with Gasteiger partial charge in [0, 0.05) is 25.4 Å². The smallest absolute Gasteiger partial charge is 0.326 e. The number of fused-ring (bicyclic) bond motifs is 1. The van der Waals surface area contributed by atoms with Crippen LogP contribution < -0.4 is 5.32 Å². The highest BCUT2D eigenvalue weighted by atomic mass is 16.4. The number of carbonyl (C=O) groups is 2. The maximum atomic E-state index is 12.6. The van der Waals surface area contributed by atoms with Gasteiger partial charge in [0.15, 0.2) is 0 Å². The molecule has 4 rings (SSSR count). The molecule has 150 valence electrons. The van der Waals surface area contributed by atoms with E-state index in [4.69, 9.17) is 0 Å². The third-order valence-corrected chi connectivity index (χ3v) is 5.46. The second-order valence-electron chi connectivity index (χ2n) is 7.43. The van der Waals surface area contributed by atoms with Crippen LogP contribution in [0.2, 0.25) is 0 Å². The molecule has 0 radical (unpaired) electrons. The number of carbonyl (C=O) groups excluding carboxylic acids is 1. The number of aromatic amines is 1. The second-order valence-corrected chi connectivity index (χ2v) is 7.43. The predicted molar refractivity (Wildman–Crippen MR) is 110 cm³/mol. The minimum absolute atomic E-state index is 0.261. The SMILES string of the molecule is O=C(O)[C@H](Cc1ccccc1)NC(=O)N1CCC(c2nc3ccccc3[nH]2)CC1. The first kappa shape index (κ1) is 19.0. The Kier molecular flexibility index (Phi) is 5.46. The van der Waals surface area contributed by atoms with E-state index in [0.29, 0.717) is 13.1 Å². The Hall–Kier alpha value is -3.35. The molecule has 1 atom stereocenters. The van der Waals surface area contributed by atoms with Crippen molar-refractivity contribution in [2.24, 2.45) is 0 Å². The van der Waals surface area contributed by atoms with Gasteiger partial charge in [-0.15, -0.1) is 0 Å². The lowest BCUT2D eigenvalue weighted by Crippen LogP contribution is -2.50. The summed E-state index contributed by atoms with van der Waals surface area (Å²) in [5.41, 5.74) is 2.85. The number of carboxylic acids is 1. The van der Waals surface area contributed by atoms with Gasteiger partial charge in [-0.1, -0.05) is 42.5 Å². The van der Waals surface area contributed by atoms with Crippen LogP contribution >= 0.6 is 0 Å². The molecular weight excluding hydrogens is 368 g/mol. The van der Waals surface area contributed by atoms with E-state index < -0.39 is 12.0 Å². The zero-order valence-electron chi connectivity index (χ0n) is 16.0. The maximum absolute atomic E-state index is 12.6. The number of piperidine rings is 1. The Morgan fingerprint density at radius 1 is 1.10 bits per heavy atom. The van der Waals surface area contributed by atoms with Gasteiger partial charge in [0.2, 0.25) is 0 Å². The highest BCUT2D eigenvalue weighted by Crippen LogP contribution is 2.27. The summed E-state index contributed by atoms with van der Waals surface area (Å²) in [4.78, 5) is 34.0. The number of aromatic nitrogens is 2. The van der Waals surface area contributed by atoms with Gasteiger partial charge in [-0.2, -0.15) is 0 Å². The molecule has 3 N–H and O–H groups in total. The van der Waals surface area contributed by atoms with Crippen LogP contribution in [0.5, 0.6) is 0 Å². The van der Waals surface area contributed by atoms with Gasteiger partial charge in [-0.3, -0.25) is 0 Å². The Labute approximate surface area is 168 Å². The number of hydrogen-bond donors (Lipinski definition) is 3. The van der Waals surface area contributed by atoms with Crippen LogP contribution in [0.1, 0.15) is 30.1 Å². The number of amides is 2. The summed E-state index contributed by atoms with van der Waals surface area (Å²) < 4.78 is 0. The van der Waals surface area contributed by atoms with E-state index in [1.165, 1.54) is 0 Å². The highest BCUT2D eigenvalue weighted by molar-refractivity contribution is 5.83. The van der Waals surface area contributed by atoms with Crippen molar-refractivity contribution in [3.05, 3.63) is 66.0 Å². The predicted octanol–water partition coefficient (Wildman–Crippen LogP) is 3.15. The highest BCUT2D eigenvalue weighted by Gasteiger charge is 2.28. The van der Waals surface area contributed by atoms with Gasteiger partial charge in [0.25, 0.3) is 0 Å². The van der Waals surface area contributed by atoms with Crippen molar-refractivity contribution in [2.45, 2.75) is 31.2 Å². The zero-order valence-corrected chi connectivity index (χ0v) is 16.0. The minimum atomic E-state index is -1.03.